The predicted octanol–water partition coefficient (Wildman–Crippen LogP) is 2.12. The van der Waals surface area contributed by atoms with E-state index in [1.165, 1.54) is 31.2 Å². The molecule has 126 valence electrons. The molecule has 0 bridgehead atoms. The summed E-state index contributed by atoms with van der Waals surface area (Å²) in [5.74, 6) is -1.89. The second kappa shape index (κ2) is 5.84. The van der Waals surface area contributed by atoms with Gasteiger partial charge < -0.3 is 29.9 Å². The molecule has 2 aromatic carbocycles. The molecule has 0 fully saturated rings. The van der Waals surface area contributed by atoms with Crippen molar-refractivity contribution in [1.29, 1.82) is 0 Å². The van der Waals surface area contributed by atoms with Crippen molar-refractivity contribution < 1.29 is 36.1 Å². The predicted molar refractivity (Wildman–Crippen MR) is 82.2 cm³/mol. The molecular weight excluding hydrogens is 316 g/mol. The Morgan fingerprint density at radius 1 is 1.17 bits per heavy atom. The molecule has 3 rings (SSSR count). The molecule has 24 heavy (non-hydrogen) atoms. The third-order valence-corrected chi connectivity index (χ3v) is 3.62. The van der Waals surface area contributed by atoms with Gasteiger partial charge in [0.25, 0.3) is 0 Å². The van der Waals surface area contributed by atoms with E-state index in [2.05, 4.69) is 0 Å². The summed E-state index contributed by atoms with van der Waals surface area (Å²) in [7, 11) is 0. The van der Waals surface area contributed by atoms with Gasteiger partial charge in [0, 0.05) is 38.0 Å². The van der Waals surface area contributed by atoms with E-state index in [-0.39, 0.29) is 28.6 Å². The van der Waals surface area contributed by atoms with Crippen molar-refractivity contribution in [3.63, 3.8) is 0 Å². The van der Waals surface area contributed by atoms with E-state index < -0.39 is 30.3 Å². The van der Waals surface area contributed by atoms with Crippen LogP contribution in [0.4, 0.5) is 0 Å². The molecule has 0 aliphatic carbocycles. The number of hydrogen-bond donors (Lipinski definition) is 4. The molecule has 4 N–H and O–H groups in total. The van der Waals surface area contributed by atoms with Gasteiger partial charge in [0.15, 0.2) is 17.6 Å². The summed E-state index contributed by atoms with van der Waals surface area (Å²) in [5, 5.41) is 38.8. The summed E-state index contributed by atoms with van der Waals surface area (Å²) in [6.45, 7) is 1.18. The van der Waals surface area contributed by atoms with Crippen molar-refractivity contribution in [2.24, 2.45) is 0 Å². The zero-order valence-corrected chi connectivity index (χ0v) is 12.6. The molecule has 0 spiro atoms. The van der Waals surface area contributed by atoms with Crippen LogP contribution >= 0.6 is 0 Å². The second-order valence-corrected chi connectivity index (χ2v) is 5.40. The van der Waals surface area contributed by atoms with Crippen molar-refractivity contribution in [1.82, 2.24) is 0 Å². The molecule has 0 radical (unpaired) electrons. The van der Waals surface area contributed by atoms with Gasteiger partial charge >= 0.3 is 5.97 Å². The lowest BCUT2D eigenvalue weighted by Crippen LogP contribution is -2.34. The third-order valence-electron chi connectivity index (χ3n) is 3.62. The van der Waals surface area contributed by atoms with Gasteiger partial charge in [-0.25, -0.2) is 0 Å². The first-order chi connectivity index (χ1) is 11.8. The molecule has 0 saturated heterocycles. The van der Waals surface area contributed by atoms with Crippen LogP contribution in [0.2, 0.25) is 0 Å². The molecule has 7 nitrogen and oxygen atoms in total. The van der Waals surface area contributed by atoms with Crippen molar-refractivity contribution in [2.75, 3.05) is 0 Å². The van der Waals surface area contributed by atoms with Gasteiger partial charge in [-0.15, -0.1) is 0 Å². The Morgan fingerprint density at radius 2 is 1.92 bits per heavy atom. The Bertz CT molecular complexity index is 836. The monoisotopic (exact) mass is 333 g/mol. The maximum absolute atomic E-state index is 11.5. The highest BCUT2D eigenvalue weighted by atomic mass is 16.6. The number of benzene rings is 2. The fourth-order valence-corrected chi connectivity index (χ4v) is 2.58. The zero-order valence-electron chi connectivity index (χ0n) is 13.6. The largest absolute Gasteiger partial charge is 0.508 e. The summed E-state index contributed by atoms with van der Waals surface area (Å²) in [6, 6.07) is 6.25. The summed E-state index contributed by atoms with van der Waals surface area (Å²) in [5.41, 5.74) is 0.440. The van der Waals surface area contributed by atoms with Gasteiger partial charge in [-0.05, 0) is 12.1 Å². The van der Waals surface area contributed by atoms with Crippen LogP contribution in [0.25, 0.3) is 0 Å². The topological polar surface area (TPSA) is 116 Å². The van der Waals surface area contributed by atoms with Crippen molar-refractivity contribution in [3.8, 4) is 28.7 Å². The van der Waals surface area contributed by atoms with E-state index in [0.717, 1.165) is 6.07 Å². The first kappa shape index (κ1) is 14.5. The van der Waals surface area contributed by atoms with Crippen LogP contribution in [0, 0.1) is 0 Å². The number of ether oxygens (including phenoxy) is 2. The number of carbonyl (C=O) groups excluding carboxylic acids is 1. The van der Waals surface area contributed by atoms with Crippen LogP contribution < -0.4 is 4.74 Å². The average molecular weight is 333 g/mol. The number of aromatic hydroxyl groups is 4. The average Bonchev–Trinajstić information content (AvgIpc) is 2.51. The van der Waals surface area contributed by atoms with Crippen molar-refractivity contribution in [3.05, 3.63) is 41.5 Å². The fourth-order valence-electron chi connectivity index (χ4n) is 2.58. The van der Waals surface area contributed by atoms with Crippen LogP contribution in [-0.4, -0.2) is 32.5 Å². The lowest BCUT2D eigenvalue weighted by molar-refractivity contribution is -0.152. The summed E-state index contributed by atoms with van der Waals surface area (Å²) in [4.78, 5) is 11.5. The highest BCUT2D eigenvalue weighted by molar-refractivity contribution is 5.66. The lowest BCUT2D eigenvalue weighted by Gasteiger charge is -2.33. The smallest absolute Gasteiger partial charge is 0.303 e. The van der Waals surface area contributed by atoms with E-state index in [4.69, 9.17) is 10.8 Å². The summed E-state index contributed by atoms with van der Waals surface area (Å²) < 4.78 is 19.3. The molecule has 3 atom stereocenters. The summed E-state index contributed by atoms with van der Waals surface area (Å²) >= 11 is 0. The first-order valence-corrected chi connectivity index (χ1v) is 7.11. The Balaban J connectivity index is 2.11. The van der Waals surface area contributed by atoms with Crippen LogP contribution in [0.15, 0.2) is 30.3 Å². The van der Waals surface area contributed by atoms with Crippen LogP contribution in [0.3, 0.4) is 0 Å². The number of esters is 1. The van der Waals surface area contributed by atoms with Crippen LogP contribution in [0.1, 0.15) is 25.5 Å². The Kier molecular flexibility index (Phi) is 3.53. The number of hydrogen-bond acceptors (Lipinski definition) is 7. The molecule has 2 aromatic rings. The van der Waals surface area contributed by atoms with E-state index in [0.29, 0.717) is 5.56 Å². The Labute approximate surface area is 138 Å². The van der Waals surface area contributed by atoms with E-state index in [9.17, 15) is 25.2 Å². The third kappa shape index (κ3) is 2.88. The van der Waals surface area contributed by atoms with Crippen LogP contribution in [-0.2, 0) is 15.9 Å². The molecule has 1 aliphatic rings. The number of phenolic OH excluding ortho intramolecular Hbond substituents is 4. The van der Waals surface area contributed by atoms with Gasteiger partial charge in [-0.3, -0.25) is 4.79 Å². The minimum absolute atomic E-state index is 0.0680. The lowest BCUT2D eigenvalue weighted by atomic mass is 9.93. The highest BCUT2D eigenvalue weighted by Gasteiger charge is 2.35. The molecule has 0 aromatic heterocycles. The molecule has 1 heterocycles. The van der Waals surface area contributed by atoms with Crippen LogP contribution in [0.5, 0.6) is 28.7 Å². The van der Waals surface area contributed by atoms with Crippen molar-refractivity contribution in [2.45, 2.75) is 25.5 Å². The van der Waals surface area contributed by atoms with E-state index in [1.54, 1.807) is 0 Å². The number of fused-ring (bicyclic) bond motifs is 1. The highest BCUT2D eigenvalue weighted by Crippen LogP contribution is 2.43. The SMILES string of the molecule is [2H]C1c2c(O)cc(O)cc2O[C@H](c2ccc(O)c(O)c2)[C@@H]1OC(C)=O. The van der Waals surface area contributed by atoms with Gasteiger partial charge in [-0.1, -0.05) is 6.07 Å². The van der Waals surface area contributed by atoms with Crippen molar-refractivity contribution >= 4 is 5.97 Å². The Morgan fingerprint density at radius 3 is 2.58 bits per heavy atom. The van der Waals surface area contributed by atoms with Gasteiger partial charge in [-0.2, -0.15) is 0 Å². The molecule has 0 saturated carbocycles. The molecular formula is C17H16O7. The van der Waals surface area contributed by atoms with Gasteiger partial charge in [0.2, 0.25) is 0 Å². The normalized spacial score (nSPS) is 22.9. The molecule has 0 amide bonds. The minimum atomic E-state index is -1.19. The minimum Gasteiger partial charge on any atom is -0.508 e. The number of phenols is 4. The standard InChI is InChI=1S/C17H16O7/c1-8(18)23-16-7-11-13(21)5-10(19)6-15(11)24-17(16)9-2-3-12(20)14(22)4-9/h2-6,16-17,19-22H,7H2,1H3/t16-,17-/m1/s1/i7D/t7?,16-,17-. The van der Waals surface area contributed by atoms with Gasteiger partial charge in [0.05, 0.1) is 0 Å². The van der Waals surface area contributed by atoms with E-state index in [1.807, 2.05) is 0 Å². The maximum atomic E-state index is 11.5. The summed E-state index contributed by atoms with van der Waals surface area (Å²) in [6.07, 6.45) is -3.27. The molecule has 7 heteroatoms. The first-order valence-electron chi connectivity index (χ1n) is 7.69. The molecule has 1 aliphatic heterocycles. The zero-order chi connectivity index (χ0) is 18.3. The quantitative estimate of drug-likeness (QED) is 0.491. The number of rotatable bonds is 2. The Hall–Kier alpha value is -3.09. The number of carbonyl (C=O) groups is 1. The fraction of sp³-hybridized carbons (Fsp3) is 0.235. The van der Waals surface area contributed by atoms with E-state index >= 15 is 0 Å². The maximum Gasteiger partial charge on any atom is 0.303 e. The van der Waals surface area contributed by atoms with Gasteiger partial charge in [0.1, 0.15) is 23.4 Å². The second-order valence-electron chi connectivity index (χ2n) is 5.40. The molecule has 1 unspecified atom stereocenters.